The minimum atomic E-state index is -0.471. The molecule has 3 nitrogen and oxygen atoms in total. The first-order chi connectivity index (χ1) is 7.70. The highest BCUT2D eigenvalue weighted by Crippen LogP contribution is 2.20. The van der Waals surface area contributed by atoms with Crippen LogP contribution in [-0.2, 0) is 0 Å². The molecule has 78 valence electrons. The van der Waals surface area contributed by atoms with Crippen LogP contribution in [0.3, 0.4) is 0 Å². The van der Waals surface area contributed by atoms with Gasteiger partial charge in [0.05, 0.1) is 17.3 Å². The number of hydrogen-bond acceptors (Lipinski definition) is 2. The second kappa shape index (κ2) is 3.99. The second-order valence-corrected chi connectivity index (χ2v) is 3.24. The summed E-state index contributed by atoms with van der Waals surface area (Å²) < 4.78 is 13.5. The number of halogens is 1. The van der Waals surface area contributed by atoms with Gasteiger partial charge < -0.3 is 4.98 Å². The van der Waals surface area contributed by atoms with E-state index in [0.717, 1.165) is 0 Å². The largest absolute Gasteiger partial charge is 0.361 e. The number of hydrogen-bond donors (Lipinski definition) is 1. The topological polar surface area (TPSA) is 56.6 Å². The fraction of sp³-hybridized carbons (Fsp3) is 0. The molecule has 0 atom stereocenters. The summed E-state index contributed by atoms with van der Waals surface area (Å²) >= 11 is 0. The number of aromatic nitrogens is 1. The van der Waals surface area contributed by atoms with Crippen LogP contribution in [0.25, 0.3) is 11.3 Å². The highest BCUT2D eigenvalue weighted by molar-refractivity contribution is 5.61. The van der Waals surface area contributed by atoms with Crippen molar-refractivity contribution in [3.8, 4) is 17.3 Å². The van der Waals surface area contributed by atoms with E-state index in [2.05, 4.69) is 4.98 Å². The number of nitrogens with zero attached hydrogens (tertiary/aromatic N) is 1. The van der Waals surface area contributed by atoms with Gasteiger partial charge in [-0.15, -0.1) is 0 Å². The first-order valence-electron chi connectivity index (χ1n) is 4.59. The van der Waals surface area contributed by atoms with Crippen LogP contribution in [0, 0.1) is 17.1 Å². The Kier molecular flexibility index (Phi) is 2.52. The average molecular weight is 214 g/mol. The van der Waals surface area contributed by atoms with Crippen LogP contribution in [0.1, 0.15) is 5.56 Å². The lowest BCUT2D eigenvalue weighted by Gasteiger charge is -2.03. The third kappa shape index (κ3) is 1.84. The van der Waals surface area contributed by atoms with Crippen molar-refractivity contribution in [2.24, 2.45) is 0 Å². The summed E-state index contributed by atoms with van der Waals surface area (Å²) in [5.74, 6) is -0.471. The number of benzene rings is 1. The minimum absolute atomic E-state index is 0.212. The van der Waals surface area contributed by atoms with E-state index in [-0.39, 0.29) is 11.0 Å². The number of rotatable bonds is 1. The van der Waals surface area contributed by atoms with Crippen LogP contribution in [0.2, 0.25) is 0 Å². The summed E-state index contributed by atoms with van der Waals surface area (Å²) in [5.41, 5.74) is 0.718. The van der Waals surface area contributed by atoms with Crippen LogP contribution in [0.5, 0.6) is 0 Å². The molecule has 0 saturated heterocycles. The summed E-state index contributed by atoms with van der Waals surface area (Å²) in [6.45, 7) is 0. The summed E-state index contributed by atoms with van der Waals surface area (Å²) in [4.78, 5) is 13.9. The van der Waals surface area contributed by atoms with Gasteiger partial charge in [0.15, 0.2) is 5.43 Å². The minimum Gasteiger partial charge on any atom is -0.361 e. The first-order valence-corrected chi connectivity index (χ1v) is 4.59. The Morgan fingerprint density at radius 2 is 2.06 bits per heavy atom. The fourth-order valence-electron chi connectivity index (χ4n) is 1.40. The summed E-state index contributed by atoms with van der Waals surface area (Å²) in [6, 6.07) is 8.55. The van der Waals surface area contributed by atoms with Crippen molar-refractivity contribution in [3.63, 3.8) is 0 Å². The molecule has 2 rings (SSSR count). The van der Waals surface area contributed by atoms with Crippen LogP contribution in [0.4, 0.5) is 4.39 Å². The number of pyridine rings is 1. The van der Waals surface area contributed by atoms with E-state index in [1.165, 1.54) is 36.5 Å². The van der Waals surface area contributed by atoms with E-state index in [1.807, 2.05) is 6.07 Å². The molecule has 0 saturated carbocycles. The van der Waals surface area contributed by atoms with Gasteiger partial charge in [-0.2, -0.15) is 5.26 Å². The third-order valence-corrected chi connectivity index (χ3v) is 2.16. The molecule has 4 heteroatoms. The van der Waals surface area contributed by atoms with Crippen molar-refractivity contribution in [3.05, 3.63) is 58.1 Å². The molecular formula is C12H7FN2O. The molecule has 2 aromatic rings. The van der Waals surface area contributed by atoms with E-state index in [9.17, 15) is 9.18 Å². The Hall–Kier alpha value is -2.41. The van der Waals surface area contributed by atoms with E-state index in [4.69, 9.17) is 5.26 Å². The van der Waals surface area contributed by atoms with Crippen molar-refractivity contribution >= 4 is 0 Å². The maximum atomic E-state index is 13.5. The maximum absolute atomic E-state index is 13.5. The number of aromatic amines is 1. The van der Waals surface area contributed by atoms with Gasteiger partial charge in [-0.3, -0.25) is 4.79 Å². The molecule has 0 amide bonds. The zero-order valence-corrected chi connectivity index (χ0v) is 8.20. The Bertz CT molecular complexity index is 625. The van der Waals surface area contributed by atoms with Crippen molar-refractivity contribution < 1.29 is 4.39 Å². The standard InChI is InChI=1S/C12H7FN2O/c13-11-2-1-8(7-14)5-10(11)12-6-9(16)3-4-15-12/h1-6H,(H,15,16). The fourth-order valence-corrected chi connectivity index (χ4v) is 1.40. The molecule has 0 unspecified atom stereocenters. The predicted molar refractivity (Wildman–Crippen MR) is 57.2 cm³/mol. The molecule has 16 heavy (non-hydrogen) atoms. The zero-order valence-electron chi connectivity index (χ0n) is 8.20. The lowest BCUT2D eigenvalue weighted by Crippen LogP contribution is -1.99. The van der Waals surface area contributed by atoms with E-state index >= 15 is 0 Å². The van der Waals surface area contributed by atoms with Gasteiger partial charge in [0.25, 0.3) is 0 Å². The summed E-state index contributed by atoms with van der Waals surface area (Å²) in [7, 11) is 0. The molecule has 0 aliphatic heterocycles. The molecule has 1 heterocycles. The molecule has 0 spiro atoms. The van der Waals surface area contributed by atoms with Gasteiger partial charge in [-0.05, 0) is 18.2 Å². The third-order valence-electron chi connectivity index (χ3n) is 2.16. The molecular weight excluding hydrogens is 207 g/mol. The monoisotopic (exact) mass is 214 g/mol. The first kappa shape index (κ1) is 10.1. The van der Waals surface area contributed by atoms with Gasteiger partial charge in [-0.1, -0.05) is 0 Å². The van der Waals surface area contributed by atoms with Crippen LogP contribution in [-0.4, -0.2) is 4.98 Å². The Morgan fingerprint density at radius 1 is 1.25 bits per heavy atom. The Balaban J connectivity index is 2.64. The SMILES string of the molecule is N#Cc1ccc(F)c(-c2cc(=O)cc[nH]2)c1. The van der Waals surface area contributed by atoms with E-state index < -0.39 is 5.82 Å². The zero-order chi connectivity index (χ0) is 11.5. The van der Waals surface area contributed by atoms with E-state index in [0.29, 0.717) is 11.3 Å². The Labute approximate surface area is 90.8 Å². The number of nitriles is 1. The van der Waals surface area contributed by atoms with Crippen molar-refractivity contribution in [1.29, 1.82) is 5.26 Å². The van der Waals surface area contributed by atoms with Crippen LogP contribution >= 0.6 is 0 Å². The van der Waals surface area contributed by atoms with Gasteiger partial charge in [-0.25, -0.2) is 4.39 Å². The Morgan fingerprint density at radius 3 is 2.75 bits per heavy atom. The molecule has 1 N–H and O–H groups in total. The lowest BCUT2D eigenvalue weighted by atomic mass is 10.1. The smallest absolute Gasteiger partial charge is 0.182 e. The number of H-pyrrole nitrogens is 1. The average Bonchev–Trinajstić information content (AvgIpc) is 2.30. The quantitative estimate of drug-likeness (QED) is 0.789. The second-order valence-electron chi connectivity index (χ2n) is 3.24. The molecule has 0 bridgehead atoms. The van der Waals surface area contributed by atoms with Gasteiger partial charge in [0, 0.05) is 23.9 Å². The van der Waals surface area contributed by atoms with Gasteiger partial charge in [0.1, 0.15) is 5.82 Å². The van der Waals surface area contributed by atoms with Gasteiger partial charge in [0.2, 0.25) is 0 Å². The molecule has 0 fully saturated rings. The lowest BCUT2D eigenvalue weighted by molar-refractivity contribution is 0.630. The normalized spacial score (nSPS) is 9.75. The highest BCUT2D eigenvalue weighted by Gasteiger charge is 2.06. The van der Waals surface area contributed by atoms with Gasteiger partial charge >= 0.3 is 0 Å². The summed E-state index contributed by atoms with van der Waals surface area (Å²) in [5, 5.41) is 8.71. The van der Waals surface area contributed by atoms with Crippen molar-refractivity contribution in [2.75, 3.05) is 0 Å². The number of nitrogens with one attached hydrogen (secondary N) is 1. The predicted octanol–water partition coefficient (Wildman–Crippen LogP) is 2.05. The highest BCUT2D eigenvalue weighted by atomic mass is 19.1. The van der Waals surface area contributed by atoms with Crippen LogP contribution in [0.15, 0.2) is 41.3 Å². The molecule has 0 aliphatic carbocycles. The van der Waals surface area contributed by atoms with E-state index in [1.54, 1.807) is 0 Å². The van der Waals surface area contributed by atoms with Crippen molar-refractivity contribution in [2.45, 2.75) is 0 Å². The van der Waals surface area contributed by atoms with Crippen molar-refractivity contribution in [1.82, 2.24) is 4.98 Å². The summed E-state index contributed by atoms with van der Waals surface area (Å²) in [6.07, 6.45) is 1.44. The maximum Gasteiger partial charge on any atom is 0.182 e. The molecule has 1 aromatic heterocycles. The molecule has 1 aromatic carbocycles. The molecule has 0 aliphatic rings. The van der Waals surface area contributed by atoms with Crippen LogP contribution < -0.4 is 5.43 Å². The molecule has 0 radical (unpaired) electrons.